The lowest BCUT2D eigenvalue weighted by Gasteiger charge is -2.12. The van der Waals surface area contributed by atoms with E-state index < -0.39 is 0 Å². The molecule has 2 heterocycles. The Morgan fingerprint density at radius 1 is 1.23 bits per heavy atom. The molecule has 0 saturated heterocycles. The van der Waals surface area contributed by atoms with E-state index in [0.29, 0.717) is 12.4 Å². The zero-order valence-corrected chi connectivity index (χ0v) is 19.9. The molecule has 0 spiro atoms. The molecule has 0 radical (unpaired) electrons. The first-order chi connectivity index (χ1) is 14.2. The van der Waals surface area contributed by atoms with Crippen LogP contribution < -0.4 is 15.4 Å². The maximum Gasteiger partial charge on any atom is 0.213 e. The van der Waals surface area contributed by atoms with Gasteiger partial charge in [0.1, 0.15) is 0 Å². The molecule has 3 N–H and O–H groups in total. The van der Waals surface area contributed by atoms with Crippen LogP contribution in [0.1, 0.15) is 29.5 Å². The molecular weight excluding hydrogens is 489 g/mol. The monoisotopic (exact) mass is 519 g/mol. The maximum absolute atomic E-state index is 5.69. The van der Waals surface area contributed by atoms with Gasteiger partial charge in [0.2, 0.25) is 5.88 Å². The van der Waals surface area contributed by atoms with Crippen LogP contribution in [0, 0.1) is 12.8 Å². The van der Waals surface area contributed by atoms with Gasteiger partial charge in [-0.05, 0) is 54.9 Å². The maximum atomic E-state index is 5.69. The van der Waals surface area contributed by atoms with Crippen LogP contribution in [0.15, 0.2) is 47.7 Å². The molecule has 1 aromatic carbocycles. The number of pyridine rings is 1. The SMILES string of the molecule is CN=C(NCCc1c[nH]c2cc(C)ccc12)NCc1ccc(OCC2CC2)nc1.I. The van der Waals surface area contributed by atoms with Gasteiger partial charge in [-0.2, -0.15) is 0 Å². The van der Waals surface area contributed by atoms with E-state index in [2.05, 4.69) is 56.9 Å². The molecule has 4 rings (SSSR count). The van der Waals surface area contributed by atoms with Gasteiger partial charge in [-0.25, -0.2) is 4.98 Å². The molecule has 0 unspecified atom stereocenters. The quantitative estimate of drug-likeness (QED) is 0.237. The summed E-state index contributed by atoms with van der Waals surface area (Å²) in [5.41, 5.74) is 4.87. The van der Waals surface area contributed by atoms with Crippen molar-refractivity contribution in [2.75, 3.05) is 20.2 Å². The largest absolute Gasteiger partial charge is 0.477 e. The van der Waals surface area contributed by atoms with E-state index >= 15 is 0 Å². The molecule has 6 nitrogen and oxygen atoms in total. The van der Waals surface area contributed by atoms with Gasteiger partial charge in [0.25, 0.3) is 0 Å². The Kier molecular flexibility index (Phi) is 7.95. The lowest BCUT2D eigenvalue weighted by Crippen LogP contribution is -2.37. The van der Waals surface area contributed by atoms with E-state index in [1.807, 2.05) is 18.3 Å². The molecule has 0 bridgehead atoms. The predicted molar refractivity (Wildman–Crippen MR) is 133 cm³/mol. The van der Waals surface area contributed by atoms with Crippen LogP contribution in [0.4, 0.5) is 0 Å². The molecule has 1 fully saturated rings. The number of aryl methyl sites for hydroxylation is 1. The zero-order valence-electron chi connectivity index (χ0n) is 17.6. The summed E-state index contributed by atoms with van der Waals surface area (Å²) in [6.45, 7) is 4.38. The average Bonchev–Trinajstić information content (AvgIpc) is 3.49. The molecule has 30 heavy (non-hydrogen) atoms. The fourth-order valence-electron chi connectivity index (χ4n) is 3.32. The van der Waals surface area contributed by atoms with Crippen molar-refractivity contribution in [3.8, 4) is 5.88 Å². The van der Waals surface area contributed by atoms with Gasteiger partial charge in [0, 0.05) is 49.5 Å². The van der Waals surface area contributed by atoms with E-state index in [0.717, 1.165) is 37.0 Å². The van der Waals surface area contributed by atoms with Gasteiger partial charge in [-0.15, -0.1) is 24.0 Å². The van der Waals surface area contributed by atoms with Gasteiger partial charge < -0.3 is 20.4 Å². The molecule has 7 heteroatoms. The van der Waals surface area contributed by atoms with E-state index in [1.54, 1.807) is 7.05 Å². The fourth-order valence-corrected chi connectivity index (χ4v) is 3.32. The van der Waals surface area contributed by atoms with Gasteiger partial charge >= 0.3 is 0 Å². The third-order valence-corrected chi connectivity index (χ3v) is 5.25. The number of halogens is 1. The third-order valence-electron chi connectivity index (χ3n) is 5.25. The molecule has 1 saturated carbocycles. The number of nitrogens with one attached hydrogen (secondary N) is 3. The number of aliphatic imine (C=N–C) groups is 1. The van der Waals surface area contributed by atoms with Crippen LogP contribution in [-0.2, 0) is 13.0 Å². The predicted octanol–water partition coefficient (Wildman–Crippen LogP) is 4.19. The number of fused-ring (bicyclic) bond motifs is 1. The van der Waals surface area contributed by atoms with E-state index in [1.165, 1.54) is 34.9 Å². The Morgan fingerprint density at radius 3 is 2.83 bits per heavy atom. The number of nitrogens with zero attached hydrogens (tertiary/aromatic N) is 2. The van der Waals surface area contributed by atoms with Crippen molar-refractivity contribution < 1.29 is 4.74 Å². The Balaban J connectivity index is 0.00000256. The topological polar surface area (TPSA) is 74.3 Å². The summed E-state index contributed by atoms with van der Waals surface area (Å²) >= 11 is 0. The van der Waals surface area contributed by atoms with Crippen LogP contribution >= 0.6 is 24.0 Å². The van der Waals surface area contributed by atoms with Crippen LogP contribution in [0.3, 0.4) is 0 Å². The minimum atomic E-state index is 0. The summed E-state index contributed by atoms with van der Waals surface area (Å²) < 4.78 is 5.69. The number of benzene rings is 1. The van der Waals surface area contributed by atoms with Gasteiger partial charge in [0.05, 0.1) is 6.61 Å². The van der Waals surface area contributed by atoms with Crippen molar-refractivity contribution in [3.63, 3.8) is 0 Å². The van der Waals surface area contributed by atoms with Crippen LogP contribution in [0.2, 0.25) is 0 Å². The summed E-state index contributed by atoms with van der Waals surface area (Å²) in [7, 11) is 1.79. The summed E-state index contributed by atoms with van der Waals surface area (Å²) in [6.07, 6.45) is 7.46. The number of H-pyrrole nitrogens is 1. The molecule has 0 amide bonds. The lowest BCUT2D eigenvalue weighted by molar-refractivity contribution is 0.288. The second-order valence-corrected chi connectivity index (χ2v) is 7.72. The van der Waals surface area contributed by atoms with E-state index in [4.69, 9.17) is 4.74 Å². The Bertz CT molecular complexity index is 979. The highest BCUT2D eigenvalue weighted by Gasteiger charge is 2.22. The number of rotatable bonds is 8. The van der Waals surface area contributed by atoms with Crippen molar-refractivity contribution in [1.82, 2.24) is 20.6 Å². The van der Waals surface area contributed by atoms with Gasteiger partial charge in [0.15, 0.2) is 5.96 Å². The first-order valence-electron chi connectivity index (χ1n) is 10.3. The minimum absolute atomic E-state index is 0. The Morgan fingerprint density at radius 2 is 2.10 bits per heavy atom. The molecule has 0 atom stereocenters. The third kappa shape index (κ3) is 6.10. The van der Waals surface area contributed by atoms with Crippen molar-refractivity contribution in [2.24, 2.45) is 10.9 Å². The summed E-state index contributed by atoms with van der Waals surface area (Å²) in [6, 6.07) is 10.5. The average molecular weight is 519 g/mol. The highest BCUT2D eigenvalue weighted by molar-refractivity contribution is 14.0. The van der Waals surface area contributed by atoms with Crippen molar-refractivity contribution in [1.29, 1.82) is 0 Å². The minimum Gasteiger partial charge on any atom is -0.477 e. The number of guanidine groups is 1. The van der Waals surface area contributed by atoms with Gasteiger partial charge in [-0.1, -0.05) is 18.2 Å². The van der Waals surface area contributed by atoms with Crippen molar-refractivity contribution in [3.05, 3.63) is 59.4 Å². The number of aromatic amines is 1. The first-order valence-corrected chi connectivity index (χ1v) is 10.3. The van der Waals surface area contributed by atoms with E-state index in [9.17, 15) is 0 Å². The second-order valence-electron chi connectivity index (χ2n) is 7.72. The molecule has 1 aliphatic carbocycles. The van der Waals surface area contributed by atoms with Crippen molar-refractivity contribution >= 4 is 40.8 Å². The summed E-state index contributed by atoms with van der Waals surface area (Å²) in [4.78, 5) is 12.1. The Labute approximate surface area is 194 Å². The highest BCUT2D eigenvalue weighted by atomic mass is 127. The smallest absolute Gasteiger partial charge is 0.213 e. The van der Waals surface area contributed by atoms with Crippen molar-refractivity contribution in [2.45, 2.75) is 32.7 Å². The number of hydrogen-bond acceptors (Lipinski definition) is 3. The fraction of sp³-hybridized carbons (Fsp3) is 0.391. The van der Waals surface area contributed by atoms with Crippen LogP contribution in [0.25, 0.3) is 10.9 Å². The molecule has 160 valence electrons. The summed E-state index contributed by atoms with van der Waals surface area (Å²) in [5.74, 6) is 2.23. The molecule has 3 aromatic rings. The van der Waals surface area contributed by atoms with Crippen LogP contribution in [0.5, 0.6) is 5.88 Å². The Hall–Kier alpha value is -2.29. The number of aromatic nitrogens is 2. The lowest BCUT2D eigenvalue weighted by atomic mass is 10.1. The summed E-state index contributed by atoms with van der Waals surface area (Å²) in [5, 5.41) is 8.01. The molecule has 1 aliphatic rings. The molecular formula is C23H30IN5O. The van der Waals surface area contributed by atoms with Crippen LogP contribution in [-0.4, -0.2) is 36.1 Å². The molecule has 0 aliphatic heterocycles. The second kappa shape index (κ2) is 10.7. The molecule has 2 aromatic heterocycles. The highest BCUT2D eigenvalue weighted by Crippen LogP contribution is 2.29. The standard InChI is InChI=1S/C23H29N5O.HI/c1-16-3-7-20-19(14-26-21(20)11-16)9-10-25-23(24-2)28-13-18-6-8-22(27-12-18)29-15-17-4-5-17;/h3,6-8,11-12,14,17,26H,4-5,9-10,13,15H2,1-2H3,(H2,24,25,28);1H. The van der Waals surface area contributed by atoms with Gasteiger partial charge in [-0.3, -0.25) is 4.99 Å². The number of ether oxygens (including phenoxy) is 1. The normalized spacial score (nSPS) is 13.7. The van der Waals surface area contributed by atoms with E-state index in [-0.39, 0.29) is 24.0 Å². The first kappa shape index (κ1) is 22.4. The zero-order chi connectivity index (χ0) is 20.1. The number of hydrogen-bond donors (Lipinski definition) is 3.